The molecule has 0 amide bonds. The Bertz CT molecular complexity index is 471. The molecule has 0 fully saturated rings. The minimum atomic E-state index is 0.0370. The van der Waals surface area contributed by atoms with Gasteiger partial charge in [-0.05, 0) is 24.6 Å². The highest BCUT2D eigenvalue weighted by atomic mass is 79.9. The summed E-state index contributed by atoms with van der Waals surface area (Å²) in [4.78, 5) is 1.13. The highest BCUT2D eigenvalue weighted by Gasteiger charge is 2.07. The summed E-state index contributed by atoms with van der Waals surface area (Å²) in [5, 5.41) is 7.79. The SMILES string of the molecule is CC(N)c1ccc(Sc2nncs2)cc1Br. The van der Waals surface area contributed by atoms with Gasteiger partial charge in [0, 0.05) is 15.4 Å². The fraction of sp³-hybridized carbons (Fsp3) is 0.200. The Morgan fingerprint density at radius 3 is 2.88 bits per heavy atom. The van der Waals surface area contributed by atoms with Gasteiger partial charge < -0.3 is 5.73 Å². The summed E-state index contributed by atoms with van der Waals surface area (Å²) in [6, 6.07) is 6.19. The lowest BCUT2D eigenvalue weighted by atomic mass is 10.1. The number of aromatic nitrogens is 2. The van der Waals surface area contributed by atoms with Gasteiger partial charge in [0.25, 0.3) is 0 Å². The van der Waals surface area contributed by atoms with E-state index in [4.69, 9.17) is 5.73 Å². The van der Waals surface area contributed by atoms with Crippen molar-refractivity contribution in [3.63, 3.8) is 0 Å². The molecule has 6 heteroatoms. The van der Waals surface area contributed by atoms with Crippen LogP contribution in [0.15, 0.2) is 37.4 Å². The number of hydrogen-bond donors (Lipinski definition) is 1. The van der Waals surface area contributed by atoms with Crippen LogP contribution in [0.2, 0.25) is 0 Å². The zero-order valence-electron chi connectivity index (χ0n) is 8.55. The third-order valence-electron chi connectivity index (χ3n) is 2.01. The molecule has 0 saturated carbocycles. The van der Waals surface area contributed by atoms with Crippen LogP contribution in [0.25, 0.3) is 0 Å². The van der Waals surface area contributed by atoms with Gasteiger partial charge in [0.1, 0.15) is 5.51 Å². The second kappa shape index (κ2) is 5.27. The van der Waals surface area contributed by atoms with Gasteiger partial charge in [-0.25, -0.2) is 0 Å². The average molecular weight is 316 g/mol. The van der Waals surface area contributed by atoms with Gasteiger partial charge in [0.15, 0.2) is 4.34 Å². The van der Waals surface area contributed by atoms with E-state index < -0.39 is 0 Å². The Balaban J connectivity index is 2.21. The first-order valence-electron chi connectivity index (χ1n) is 4.66. The van der Waals surface area contributed by atoms with E-state index in [9.17, 15) is 0 Å². The Labute approximate surface area is 111 Å². The van der Waals surface area contributed by atoms with Crippen molar-refractivity contribution in [3.05, 3.63) is 33.7 Å². The quantitative estimate of drug-likeness (QED) is 0.942. The number of benzene rings is 1. The van der Waals surface area contributed by atoms with Gasteiger partial charge >= 0.3 is 0 Å². The third-order valence-corrected chi connectivity index (χ3v) is 4.46. The molecule has 2 N–H and O–H groups in total. The van der Waals surface area contributed by atoms with E-state index >= 15 is 0 Å². The maximum Gasteiger partial charge on any atom is 0.178 e. The molecule has 1 aromatic heterocycles. The molecule has 0 aliphatic rings. The van der Waals surface area contributed by atoms with Gasteiger partial charge in [-0.3, -0.25) is 0 Å². The Morgan fingerprint density at radius 2 is 2.31 bits per heavy atom. The van der Waals surface area contributed by atoms with E-state index in [1.54, 1.807) is 17.3 Å². The van der Waals surface area contributed by atoms with Gasteiger partial charge in [-0.2, -0.15) is 0 Å². The van der Waals surface area contributed by atoms with E-state index in [1.807, 2.05) is 13.0 Å². The number of halogens is 1. The molecule has 2 aromatic rings. The topological polar surface area (TPSA) is 51.8 Å². The van der Waals surface area contributed by atoms with E-state index in [-0.39, 0.29) is 6.04 Å². The first-order chi connectivity index (χ1) is 7.66. The lowest BCUT2D eigenvalue weighted by Gasteiger charge is -2.09. The fourth-order valence-electron chi connectivity index (χ4n) is 1.25. The van der Waals surface area contributed by atoms with Gasteiger partial charge in [0.2, 0.25) is 0 Å². The van der Waals surface area contributed by atoms with Crippen molar-refractivity contribution < 1.29 is 0 Å². The smallest absolute Gasteiger partial charge is 0.178 e. The maximum absolute atomic E-state index is 5.84. The van der Waals surface area contributed by atoms with Crippen molar-refractivity contribution in [3.8, 4) is 0 Å². The maximum atomic E-state index is 5.84. The number of nitrogens with two attached hydrogens (primary N) is 1. The predicted molar refractivity (Wildman–Crippen MR) is 70.8 cm³/mol. The van der Waals surface area contributed by atoms with Crippen LogP contribution in [0.3, 0.4) is 0 Å². The van der Waals surface area contributed by atoms with Crippen molar-refractivity contribution in [2.24, 2.45) is 5.73 Å². The Kier molecular flexibility index (Phi) is 3.96. The molecular formula is C10H10BrN3S2. The molecule has 1 unspecified atom stereocenters. The molecule has 0 radical (unpaired) electrons. The minimum absolute atomic E-state index is 0.0370. The molecule has 0 saturated heterocycles. The monoisotopic (exact) mass is 315 g/mol. The third kappa shape index (κ3) is 2.82. The summed E-state index contributed by atoms with van der Waals surface area (Å²) in [5.41, 5.74) is 8.69. The van der Waals surface area contributed by atoms with Crippen LogP contribution in [-0.2, 0) is 0 Å². The normalized spacial score (nSPS) is 12.7. The van der Waals surface area contributed by atoms with Crippen LogP contribution in [-0.4, -0.2) is 10.2 Å². The average Bonchev–Trinajstić information content (AvgIpc) is 2.70. The van der Waals surface area contributed by atoms with Crippen molar-refractivity contribution in [2.45, 2.75) is 22.2 Å². The zero-order chi connectivity index (χ0) is 11.5. The molecule has 0 bridgehead atoms. The number of hydrogen-bond acceptors (Lipinski definition) is 5. The largest absolute Gasteiger partial charge is 0.324 e. The number of nitrogens with zero attached hydrogens (tertiary/aromatic N) is 2. The van der Waals surface area contributed by atoms with Crippen LogP contribution in [0, 0.1) is 0 Å². The van der Waals surface area contributed by atoms with Crippen LogP contribution < -0.4 is 5.73 Å². The van der Waals surface area contributed by atoms with Crippen molar-refractivity contribution >= 4 is 39.0 Å². The van der Waals surface area contributed by atoms with Crippen LogP contribution in [0.5, 0.6) is 0 Å². The van der Waals surface area contributed by atoms with E-state index in [1.165, 1.54) is 11.3 Å². The minimum Gasteiger partial charge on any atom is -0.324 e. The first kappa shape index (κ1) is 12.0. The molecule has 0 aliphatic carbocycles. The summed E-state index contributed by atoms with van der Waals surface area (Å²) in [7, 11) is 0. The molecule has 1 aromatic carbocycles. The lowest BCUT2D eigenvalue weighted by molar-refractivity contribution is 0.811. The molecule has 16 heavy (non-hydrogen) atoms. The summed E-state index contributed by atoms with van der Waals surface area (Å²) in [5.74, 6) is 0. The van der Waals surface area contributed by atoms with Crippen LogP contribution in [0.4, 0.5) is 0 Å². The highest BCUT2D eigenvalue weighted by Crippen LogP contribution is 2.32. The summed E-state index contributed by atoms with van der Waals surface area (Å²) >= 11 is 6.66. The van der Waals surface area contributed by atoms with Crippen molar-refractivity contribution in [1.82, 2.24) is 10.2 Å². The first-order valence-corrected chi connectivity index (χ1v) is 7.15. The van der Waals surface area contributed by atoms with Gasteiger partial charge in [-0.15, -0.1) is 10.2 Å². The standard InChI is InChI=1S/C10H10BrN3S2/c1-6(12)8-3-2-7(4-9(8)11)16-10-14-13-5-15-10/h2-6H,12H2,1H3. The molecule has 0 spiro atoms. The summed E-state index contributed by atoms with van der Waals surface area (Å²) in [6.07, 6.45) is 0. The zero-order valence-corrected chi connectivity index (χ0v) is 11.8. The number of rotatable bonds is 3. The van der Waals surface area contributed by atoms with Crippen molar-refractivity contribution in [2.75, 3.05) is 0 Å². The molecular weight excluding hydrogens is 306 g/mol. The molecule has 2 rings (SSSR count). The van der Waals surface area contributed by atoms with Gasteiger partial charge in [0.05, 0.1) is 0 Å². The van der Waals surface area contributed by atoms with Crippen LogP contribution >= 0.6 is 39.0 Å². The summed E-state index contributed by atoms with van der Waals surface area (Å²) < 4.78 is 1.98. The van der Waals surface area contributed by atoms with Crippen molar-refractivity contribution in [1.29, 1.82) is 0 Å². The fourth-order valence-corrected chi connectivity index (χ4v) is 3.63. The second-order valence-corrected chi connectivity index (χ2v) is 6.29. The molecule has 0 aliphatic heterocycles. The molecule has 1 heterocycles. The van der Waals surface area contributed by atoms with Gasteiger partial charge in [-0.1, -0.05) is 45.1 Å². The summed E-state index contributed by atoms with van der Waals surface area (Å²) in [6.45, 7) is 1.97. The molecule has 1 atom stereocenters. The van der Waals surface area contributed by atoms with Crippen LogP contribution in [0.1, 0.15) is 18.5 Å². The predicted octanol–water partition coefficient (Wildman–Crippen LogP) is 3.47. The second-order valence-electron chi connectivity index (χ2n) is 3.28. The van der Waals surface area contributed by atoms with E-state index in [0.717, 1.165) is 19.3 Å². The van der Waals surface area contributed by atoms with E-state index in [2.05, 4.69) is 38.3 Å². The Hall–Kier alpha value is -0.430. The molecule has 3 nitrogen and oxygen atoms in total. The molecule has 84 valence electrons. The Morgan fingerprint density at radius 1 is 1.50 bits per heavy atom. The highest BCUT2D eigenvalue weighted by molar-refractivity contribution is 9.10. The lowest BCUT2D eigenvalue weighted by Crippen LogP contribution is -2.05. The van der Waals surface area contributed by atoms with E-state index in [0.29, 0.717) is 0 Å².